The maximum absolute atomic E-state index is 12.0. The smallest absolute Gasteiger partial charge is 0.240 e. The Kier molecular flexibility index (Phi) is 6.48. The van der Waals surface area contributed by atoms with Gasteiger partial charge in [0.05, 0.1) is 4.90 Å². The van der Waals surface area contributed by atoms with Crippen LogP contribution in [0.25, 0.3) is 0 Å². The molecule has 0 amide bonds. The first kappa shape index (κ1) is 16.1. The van der Waals surface area contributed by atoms with E-state index in [0.717, 1.165) is 24.9 Å². The van der Waals surface area contributed by atoms with Crippen LogP contribution in [0.4, 0.5) is 0 Å². The first-order valence-electron chi connectivity index (χ1n) is 6.88. The third-order valence-corrected chi connectivity index (χ3v) is 4.50. The van der Waals surface area contributed by atoms with Crippen molar-refractivity contribution in [3.8, 4) is 0 Å². The Morgan fingerprint density at radius 2 is 1.95 bits per heavy atom. The van der Waals surface area contributed by atoms with Crippen LogP contribution in [-0.2, 0) is 10.0 Å². The molecule has 0 heterocycles. The van der Waals surface area contributed by atoms with Crippen molar-refractivity contribution in [1.29, 1.82) is 0 Å². The van der Waals surface area contributed by atoms with Crippen LogP contribution >= 0.6 is 0 Å². The average Bonchev–Trinajstić information content (AvgIpc) is 2.40. The standard InChI is InChI=1S/C14H24N2O2S/c1-4-10-15-14(5-2)12-8-7-9-13(11-12)19(17,18)16-6-3/h7-9,11,14-16H,4-6,10H2,1-3H3. The molecule has 0 saturated heterocycles. The predicted molar refractivity (Wildman–Crippen MR) is 78.6 cm³/mol. The molecular weight excluding hydrogens is 260 g/mol. The first-order valence-corrected chi connectivity index (χ1v) is 8.36. The number of nitrogens with one attached hydrogen (secondary N) is 2. The summed E-state index contributed by atoms with van der Waals surface area (Å²) in [6.07, 6.45) is 2.00. The second kappa shape index (κ2) is 7.62. The summed E-state index contributed by atoms with van der Waals surface area (Å²) >= 11 is 0. The lowest BCUT2D eigenvalue weighted by Crippen LogP contribution is -2.24. The maximum atomic E-state index is 12.0. The van der Waals surface area contributed by atoms with Crippen LogP contribution in [0.5, 0.6) is 0 Å². The number of hydrogen-bond donors (Lipinski definition) is 2. The van der Waals surface area contributed by atoms with Crippen LogP contribution in [-0.4, -0.2) is 21.5 Å². The number of benzene rings is 1. The van der Waals surface area contributed by atoms with Gasteiger partial charge in [-0.2, -0.15) is 0 Å². The maximum Gasteiger partial charge on any atom is 0.240 e. The first-order chi connectivity index (χ1) is 9.05. The fourth-order valence-corrected chi connectivity index (χ4v) is 3.08. The average molecular weight is 284 g/mol. The van der Waals surface area contributed by atoms with Crippen LogP contribution in [0.1, 0.15) is 45.2 Å². The van der Waals surface area contributed by atoms with E-state index in [0.29, 0.717) is 11.4 Å². The van der Waals surface area contributed by atoms with Crippen LogP contribution in [0.15, 0.2) is 29.2 Å². The monoisotopic (exact) mass is 284 g/mol. The SMILES string of the molecule is CCCNC(CC)c1cccc(S(=O)(=O)NCC)c1. The molecule has 0 aliphatic rings. The topological polar surface area (TPSA) is 58.2 Å². The summed E-state index contributed by atoms with van der Waals surface area (Å²) in [5.74, 6) is 0. The highest BCUT2D eigenvalue weighted by Gasteiger charge is 2.15. The summed E-state index contributed by atoms with van der Waals surface area (Å²) in [4.78, 5) is 0.337. The van der Waals surface area contributed by atoms with Crippen molar-refractivity contribution in [3.05, 3.63) is 29.8 Å². The van der Waals surface area contributed by atoms with E-state index in [1.165, 1.54) is 0 Å². The molecule has 1 unspecified atom stereocenters. The molecule has 0 aliphatic carbocycles. The summed E-state index contributed by atoms with van der Waals surface area (Å²) in [6, 6.07) is 7.37. The van der Waals surface area contributed by atoms with Gasteiger partial charge in [-0.15, -0.1) is 0 Å². The highest BCUT2D eigenvalue weighted by molar-refractivity contribution is 7.89. The van der Waals surface area contributed by atoms with E-state index in [2.05, 4.69) is 23.9 Å². The number of hydrogen-bond acceptors (Lipinski definition) is 3. The van der Waals surface area contributed by atoms with Crippen molar-refractivity contribution in [2.75, 3.05) is 13.1 Å². The molecule has 0 fully saturated rings. The molecule has 0 spiro atoms. The highest BCUT2D eigenvalue weighted by Crippen LogP contribution is 2.20. The zero-order valence-corrected chi connectivity index (χ0v) is 12.8. The molecule has 0 bridgehead atoms. The van der Waals surface area contributed by atoms with E-state index in [9.17, 15) is 8.42 Å². The third-order valence-electron chi connectivity index (χ3n) is 2.95. The Hall–Kier alpha value is -0.910. The van der Waals surface area contributed by atoms with Crippen LogP contribution < -0.4 is 10.0 Å². The van der Waals surface area contributed by atoms with E-state index in [1.54, 1.807) is 25.1 Å². The minimum atomic E-state index is -3.37. The van der Waals surface area contributed by atoms with Gasteiger partial charge in [0.15, 0.2) is 0 Å². The molecule has 5 heteroatoms. The van der Waals surface area contributed by atoms with Crippen molar-refractivity contribution in [2.24, 2.45) is 0 Å². The zero-order chi connectivity index (χ0) is 14.3. The quantitative estimate of drug-likeness (QED) is 0.771. The lowest BCUT2D eigenvalue weighted by Gasteiger charge is -2.18. The Labute approximate surface area is 116 Å². The summed E-state index contributed by atoms with van der Waals surface area (Å²) in [6.45, 7) is 7.32. The number of sulfonamides is 1. The molecule has 0 radical (unpaired) electrons. The van der Waals surface area contributed by atoms with Gasteiger partial charge in [-0.25, -0.2) is 13.1 Å². The van der Waals surface area contributed by atoms with E-state index >= 15 is 0 Å². The van der Waals surface area contributed by atoms with Gasteiger partial charge in [0.2, 0.25) is 10.0 Å². The summed E-state index contributed by atoms with van der Waals surface area (Å²) < 4.78 is 26.5. The lowest BCUT2D eigenvalue weighted by molar-refractivity contribution is 0.517. The van der Waals surface area contributed by atoms with Gasteiger partial charge in [0.25, 0.3) is 0 Å². The van der Waals surface area contributed by atoms with E-state index in [1.807, 2.05) is 6.07 Å². The molecule has 19 heavy (non-hydrogen) atoms. The van der Waals surface area contributed by atoms with Gasteiger partial charge in [0.1, 0.15) is 0 Å². The van der Waals surface area contributed by atoms with E-state index < -0.39 is 10.0 Å². The van der Waals surface area contributed by atoms with Gasteiger partial charge in [-0.3, -0.25) is 0 Å². The molecule has 108 valence electrons. The van der Waals surface area contributed by atoms with Crippen molar-refractivity contribution in [2.45, 2.75) is 44.6 Å². The van der Waals surface area contributed by atoms with E-state index in [4.69, 9.17) is 0 Å². The Morgan fingerprint density at radius 3 is 2.53 bits per heavy atom. The minimum Gasteiger partial charge on any atom is -0.310 e. The summed E-state index contributed by atoms with van der Waals surface area (Å²) in [5.41, 5.74) is 1.02. The molecule has 1 aromatic carbocycles. The fraction of sp³-hybridized carbons (Fsp3) is 0.571. The van der Waals surface area contributed by atoms with Crippen molar-refractivity contribution < 1.29 is 8.42 Å². The Balaban J connectivity index is 2.98. The molecule has 1 atom stereocenters. The fourth-order valence-electron chi connectivity index (χ4n) is 1.99. The molecule has 1 aromatic rings. The Morgan fingerprint density at radius 1 is 1.21 bits per heavy atom. The van der Waals surface area contributed by atoms with Gasteiger partial charge >= 0.3 is 0 Å². The van der Waals surface area contributed by atoms with Crippen molar-refractivity contribution in [1.82, 2.24) is 10.0 Å². The molecule has 0 saturated carbocycles. The predicted octanol–water partition coefficient (Wildman–Crippen LogP) is 2.44. The molecule has 0 aliphatic heterocycles. The molecule has 2 N–H and O–H groups in total. The highest BCUT2D eigenvalue weighted by atomic mass is 32.2. The number of rotatable bonds is 8. The van der Waals surface area contributed by atoms with Crippen molar-refractivity contribution in [3.63, 3.8) is 0 Å². The summed E-state index contributed by atoms with van der Waals surface area (Å²) in [5, 5.41) is 3.43. The van der Waals surface area contributed by atoms with Gasteiger partial charge in [-0.05, 0) is 37.1 Å². The molecular formula is C14H24N2O2S. The van der Waals surface area contributed by atoms with Gasteiger partial charge in [-0.1, -0.05) is 32.9 Å². The Bertz CT molecular complexity index is 486. The second-order valence-corrected chi connectivity index (χ2v) is 6.26. The third kappa shape index (κ3) is 4.60. The molecule has 1 rings (SSSR count). The zero-order valence-electron chi connectivity index (χ0n) is 11.9. The normalized spacial score (nSPS) is 13.4. The van der Waals surface area contributed by atoms with Crippen molar-refractivity contribution >= 4 is 10.0 Å². The van der Waals surface area contributed by atoms with Crippen LogP contribution in [0, 0.1) is 0 Å². The van der Waals surface area contributed by atoms with Crippen LogP contribution in [0.2, 0.25) is 0 Å². The van der Waals surface area contributed by atoms with E-state index in [-0.39, 0.29) is 6.04 Å². The molecule has 4 nitrogen and oxygen atoms in total. The molecule has 0 aromatic heterocycles. The lowest BCUT2D eigenvalue weighted by atomic mass is 10.0. The van der Waals surface area contributed by atoms with Crippen LogP contribution in [0.3, 0.4) is 0 Å². The van der Waals surface area contributed by atoms with Gasteiger partial charge in [0, 0.05) is 12.6 Å². The minimum absolute atomic E-state index is 0.205. The second-order valence-electron chi connectivity index (χ2n) is 4.49. The van der Waals surface area contributed by atoms with Gasteiger partial charge < -0.3 is 5.32 Å². The largest absolute Gasteiger partial charge is 0.310 e. The summed E-state index contributed by atoms with van der Waals surface area (Å²) in [7, 11) is -3.37.